The van der Waals surface area contributed by atoms with E-state index in [2.05, 4.69) is 0 Å². The Kier molecular flexibility index (Phi) is 7.87. The molecule has 0 unspecified atom stereocenters. The molecule has 0 aliphatic heterocycles. The van der Waals surface area contributed by atoms with E-state index in [-0.39, 0.29) is 12.2 Å². The Hall–Kier alpha value is -0.0800. The van der Waals surface area contributed by atoms with Gasteiger partial charge in [0.2, 0.25) is 0 Å². The number of aliphatic hydroxyl groups is 2. The zero-order valence-corrected chi connectivity index (χ0v) is 10.5. The van der Waals surface area contributed by atoms with Crippen LogP contribution in [0.25, 0.3) is 0 Å². The number of rotatable bonds is 0. The number of hydrogen-bond acceptors (Lipinski definition) is 2. The van der Waals surface area contributed by atoms with Crippen LogP contribution in [-0.2, 0) is 0 Å². The zero-order valence-electron chi connectivity index (χ0n) is 10.5. The van der Waals surface area contributed by atoms with Crippen LogP contribution >= 0.6 is 0 Å². The normalized spacial score (nSPS) is 31.9. The summed E-state index contributed by atoms with van der Waals surface area (Å²) in [4.78, 5) is 0. The summed E-state index contributed by atoms with van der Waals surface area (Å²) in [6.45, 7) is 0. The van der Waals surface area contributed by atoms with Crippen molar-refractivity contribution in [2.45, 2.75) is 89.3 Å². The fourth-order valence-electron chi connectivity index (χ4n) is 2.52. The lowest BCUT2D eigenvalue weighted by atomic mass is 9.99. The first-order valence-corrected chi connectivity index (χ1v) is 7.15. The standard InChI is InChI=1S/C14H28O2/c15-13-9-5-1-2-6-10-14(16)12-8-4-3-7-11-13/h13-16H,1-12H2. The fourth-order valence-corrected chi connectivity index (χ4v) is 2.52. The smallest absolute Gasteiger partial charge is 0.0540 e. The van der Waals surface area contributed by atoms with Crippen molar-refractivity contribution < 1.29 is 10.2 Å². The van der Waals surface area contributed by atoms with Gasteiger partial charge in [-0.2, -0.15) is 0 Å². The molecule has 0 saturated heterocycles. The Balaban J connectivity index is 2.18. The summed E-state index contributed by atoms with van der Waals surface area (Å²) in [5, 5.41) is 19.4. The lowest BCUT2D eigenvalue weighted by molar-refractivity contribution is 0.137. The molecule has 2 heteroatoms. The van der Waals surface area contributed by atoms with Crippen LogP contribution in [0.5, 0.6) is 0 Å². The van der Waals surface area contributed by atoms with E-state index >= 15 is 0 Å². The predicted molar refractivity (Wildman–Crippen MR) is 67.4 cm³/mol. The molecular weight excluding hydrogens is 200 g/mol. The molecule has 1 aliphatic rings. The maximum atomic E-state index is 9.72. The molecule has 0 bridgehead atoms. The molecule has 16 heavy (non-hydrogen) atoms. The molecule has 1 saturated carbocycles. The van der Waals surface area contributed by atoms with Crippen LogP contribution in [0.3, 0.4) is 0 Å². The van der Waals surface area contributed by atoms with Gasteiger partial charge in [-0.3, -0.25) is 0 Å². The van der Waals surface area contributed by atoms with Gasteiger partial charge in [-0.25, -0.2) is 0 Å². The third-order valence-electron chi connectivity index (χ3n) is 3.65. The van der Waals surface area contributed by atoms with Crippen LogP contribution in [0.15, 0.2) is 0 Å². The van der Waals surface area contributed by atoms with Gasteiger partial charge in [-0.1, -0.05) is 51.4 Å². The SMILES string of the molecule is OC1CCCCCCC(O)CCCCCC1. The van der Waals surface area contributed by atoms with E-state index in [0.29, 0.717) is 0 Å². The Morgan fingerprint density at radius 3 is 0.938 bits per heavy atom. The van der Waals surface area contributed by atoms with Gasteiger partial charge in [-0.05, 0) is 25.7 Å². The van der Waals surface area contributed by atoms with E-state index in [1.54, 1.807) is 0 Å². The van der Waals surface area contributed by atoms with Crippen molar-refractivity contribution in [2.24, 2.45) is 0 Å². The third-order valence-corrected chi connectivity index (χ3v) is 3.65. The van der Waals surface area contributed by atoms with Crippen molar-refractivity contribution in [1.82, 2.24) is 0 Å². The molecule has 96 valence electrons. The Bertz CT molecular complexity index is 125. The fraction of sp³-hybridized carbons (Fsp3) is 1.00. The van der Waals surface area contributed by atoms with E-state index in [1.165, 1.54) is 25.7 Å². The first-order valence-electron chi connectivity index (χ1n) is 7.15. The van der Waals surface area contributed by atoms with Crippen molar-refractivity contribution in [2.75, 3.05) is 0 Å². The Labute approximate surface area is 100 Å². The molecule has 1 fully saturated rings. The topological polar surface area (TPSA) is 40.5 Å². The minimum absolute atomic E-state index is 0.0615. The molecule has 0 aromatic rings. The molecular formula is C14H28O2. The highest BCUT2D eigenvalue weighted by Crippen LogP contribution is 2.17. The maximum absolute atomic E-state index is 9.72. The van der Waals surface area contributed by atoms with Crippen molar-refractivity contribution in [3.05, 3.63) is 0 Å². The van der Waals surface area contributed by atoms with E-state index in [1.807, 2.05) is 0 Å². The van der Waals surface area contributed by atoms with Crippen molar-refractivity contribution in [3.63, 3.8) is 0 Å². The Morgan fingerprint density at radius 1 is 0.438 bits per heavy atom. The molecule has 2 N–H and O–H groups in total. The second-order valence-electron chi connectivity index (χ2n) is 5.29. The molecule has 0 aromatic heterocycles. The van der Waals surface area contributed by atoms with Crippen LogP contribution < -0.4 is 0 Å². The van der Waals surface area contributed by atoms with Gasteiger partial charge in [0.25, 0.3) is 0 Å². The minimum atomic E-state index is -0.0615. The average Bonchev–Trinajstić information content (AvgIpc) is 2.27. The number of aliphatic hydroxyl groups excluding tert-OH is 2. The highest BCUT2D eigenvalue weighted by molar-refractivity contribution is 4.61. The van der Waals surface area contributed by atoms with Crippen molar-refractivity contribution in [1.29, 1.82) is 0 Å². The average molecular weight is 228 g/mol. The first-order chi connectivity index (χ1) is 7.79. The van der Waals surface area contributed by atoms with E-state index < -0.39 is 0 Å². The van der Waals surface area contributed by atoms with Crippen LogP contribution in [0.1, 0.15) is 77.0 Å². The predicted octanol–water partition coefficient (Wildman–Crippen LogP) is 3.40. The van der Waals surface area contributed by atoms with Gasteiger partial charge in [0.05, 0.1) is 12.2 Å². The van der Waals surface area contributed by atoms with E-state index in [9.17, 15) is 10.2 Å². The maximum Gasteiger partial charge on any atom is 0.0540 e. The van der Waals surface area contributed by atoms with E-state index in [0.717, 1.165) is 51.4 Å². The monoisotopic (exact) mass is 228 g/mol. The summed E-state index contributed by atoms with van der Waals surface area (Å²) >= 11 is 0. The summed E-state index contributed by atoms with van der Waals surface area (Å²) in [6.07, 6.45) is 13.2. The molecule has 0 atom stereocenters. The molecule has 1 rings (SSSR count). The summed E-state index contributed by atoms with van der Waals surface area (Å²) in [5.74, 6) is 0. The molecule has 0 radical (unpaired) electrons. The summed E-state index contributed by atoms with van der Waals surface area (Å²) in [5.41, 5.74) is 0. The molecule has 1 aliphatic carbocycles. The quantitative estimate of drug-likeness (QED) is 0.667. The summed E-state index contributed by atoms with van der Waals surface area (Å²) < 4.78 is 0. The molecule has 0 amide bonds. The zero-order chi connectivity index (χ0) is 11.6. The largest absolute Gasteiger partial charge is 0.393 e. The van der Waals surface area contributed by atoms with Crippen molar-refractivity contribution >= 4 is 0 Å². The lowest BCUT2D eigenvalue weighted by Gasteiger charge is -2.13. The lowest BCUT2D eigenvalue weighted by Crippen LogP contribution is -2.08. The highest BCUT2D eigenvalue weighted by atomic mass is 16.3. The second kappa shape index (κ2) is 9.00. The summed E-state index contributed by atoms with van der Waals surface area (Å²) in [7, 11) is 0. The molecule has 0 aromatic carbocycles. The molecule has 2 nitrogen and oxygen atoms in total. The van der Waals surface area contributed by atoms with Crippen LogP contribution in [0.4, 0.5) is 0 Å². The van der Waals surface area contributed by atoms with Gasteiger partial charge in [0, 0.05) is 0 Å². The van der Waals surface area contributed by atoms with Crippen LogP contribution in [0.2, 0.25) is 0 Å². The first kappa shape index (κ1) is 14.0. The molecule has 0 spiro atoms. The highest BCUT2D eigenvalue weighted by Gasteiger charge is 2.07. The Morgan fingerprint density at radius 2 is 0.688 bits per heavy atom. The van der Waals surface area contributed by atoms with Crippen LogP contribution in [0, 0.1) is 0 Å². The van der Waals surface area contributed by atoms with E-state index in [4.69, 9.17) is 0 Å². The second-order valence-corrected chi connectivity index (χ2v) is 5.29. The van der Waals surface area contributed by atoms with Crippen LogP contribution in [-0.4, -0.2) is 22.4 Å². The van der Waals surface area contributed by atoms with Gasteiger partial charge in [-0.15, -0.1) is 0 Å². The van der Waals surface area contributed by atoms with Gasteiger partial charge in [0.15, 0.2) is 0 Å². The summed E-state index contributed by atoms with van der Waals surface area (Å²) in [6, 6.07) is 0. The molecule has 0 heterocycles. The minimum Gasteiger partial charge on any atom is -0.393 e. The van der Waals surface area contributed by atoms with Gasteiger partial charge < -0.3 is 10.2 Å². The van der Waals surface area contributed by atoms with Gasteiger partial charge in [0.1, 0.15) is 0 Å². The van der Waals surface area contributed by atoms with Crippen molar-refractivity contribution in [3.8, 4) is 0 Å². The van der Waals surface area contributed by atoms with Gasteiger partial charge >= 0.3 is 0 Å². The third kappa shape index (κ3) is 7.24. The number of hydrogen-bond donors (Lipinski definition) is 2.